The monoisotopic (exact) mass is 334 g/mol. The van der Waals surface area contributed by atoms with E-state index in [2.05, 4.69) is 10.3 Å². The van der Waals surface area contributed by atoms with Crippen molar-refractivity contribution in [1.82, 2.24) is 15.2 Å². The van der Waals surface area contributed by atoms with Crippen molar-refractivity contribution in [3.8, 4) is 5.88 Å². The van der Waals surface area contributed by atoms with Gasteiger partial charge in [0.25, 0.3) is 0 Å². The summed E-state index contributed by atoms with van der Waals surface area (Å²) in [5.74, 6) is 0.202. The number of primary amides is 1. The zero-order valence-electron chi connectivity index (χ0n) is 14.6. The van der Waals surface area contributed by atoms with Gasteiger partial charge in [0.2, 0.25) is 17.7 Å². The number of hydrogen-bond donors (Lipinski definition) is 2. The van der Waals surface area contributed by atoms with Crippen LogP contribution in [-0.4, -0.2) is 48.4 Å². The zero-order chi connectivity index (χ0) is 17.7. The number of nitrogens with one attached hydrogen (secondary N) is 1. The van der Waals surface area contributed by atoms with Gasteiger partial charge in [-0.3, -0.25) is 14.5 Å². The molecule has 0 bridgehead atoms. The Labute approximate surface area is 142 Å². The van der Waals surface area contributed by atoms with E-state index in [0.717, 1.165) is 42.8 Å². The summed E-state index contributed by atoms with van der Waals surface area (Å²) >= 11 is 0. The molecule has 0 aliphatic carbocycles. The number of hydrogen-bond acceptors (Lipinski definition) is 5. The highest BCUT2D eigenvalue weighted by Crippen LogP contribution is 2.20. The normalized spacial score (nSPS) is 16.0. The van der Waals surface area contributed by atoms with Crippen molar-refractivity contribution in [3.05, 3.63) is 22.9 Å². The van der Waals surface area contributed by atoms with Crippen LogP contribution in [0.4, 0.5) is 0 Å². The van der Waals surface area contributed by atoms with Crippen molar-refractivity contribution < 1.29 is 14.3 Å². The number of aromatic nitrogens is 1. The summed E-state index contributed by atoms with van der Waals surface area (Å²) in [5.41, 5.74) is 8.15. The lowest BCUT2D eigenvalue weighted by molar-refractivity contribution is -0.124. The molecule has 132 valence electrons. The molecular weight excluding hydrogens is 308 g/mol. The van der Waals surface area contributed by atoms with Gasteiger partial charge in [0.15, 0.2) is 0 Å². The molecule has 7 heteroatoms. The van der Waals surface area contributed by atoms with Crippen molar-refractivity contribution >= 4 is 11.8 Å². The van der Waals surface area contributed by atoms with Gasteiger partial charge >= 0.3 is 0 Å². The van der Waals surface area contributed by atoms with Gasteiger partial charge in [0.1, 0.15) is 0 Å². The summed E-state index contributed by atoms with van der Waals surface area (Å²) in [6.07, 6.45) is 1.44. The molecule has 1 aliphatic rings. The number of carbonyl (C=O) groups excluding carboxylic acids is 2. The fourth-order valence-electron chi connectivity index (χ4n) is 3.03. The molecule has 1 aromatic rings. The van der Waals surface area contributed by atoms with E-state index >= 15 is 0 Å². The molecule has 1 aliphatic heterocycles. The number of pyridine rings is 1. The number of nitrogens with zero attached hydrogens (tertiary/aromatic N) is 2. The number of amides is 2. The second-order valence-corrected chi connectivity index (χ2v) is 6.30. The fraction of sp³-hybridized carbons (Fsp3) is 0.588. The molecule has 1 saturated heterocycles. The lowest BCUT2D eigenvalue weighted by atomic mass is 9.96. The van der Waals surface area contributed by atoms with Gasteiger partial charge in [-0.25, -0.2) is 4.98 Å². The van der Waals surface area contributed by atoms with Gasteiger partial charge in [0, 0.05) is 23.7 Å². The minimum Gasteiger partial charge on any atom is -0.481 e. The summed E-state index contributed by atoms with van der Waals surface area (Å²) in [6.45, 7) is 6.04. The quantitative estimate of drug-likeness (QED) is 0.790. The minimum absolute atomic E-state index is 0.0467. The molecule has 3 N–H and O–H groups in total. The molecule has 1 fully saturated rings. The van der Waals surface area contributed by atoms with Crippen LogP contribution in [0, 0.1) is 19.8 Å². The van der Waals surface area contributed by atoms with Crippen LogP contribution in [0.1, 0.15) is 29.7 Å². The highest BCUT2D eigenvalue weighted by atomic mass is 16.5. The van der Waals surface area contributed by atoms with E-state index in [1.165, 1.54) is 0 Å². The maximum atomic E-state index is 12.2. The summed E-state index contributed by atoms with van der Waals surface area (Å²) in [5, 5.41) is 2.92. The van der Waals surface area contributed by atoms with E-state index in [-0.39, 0.29) is 17.7 Å². The molecular formula is C17H26N4O3. The summed E-state index contributed by atoms with van der Waals surface area (Å²) in [4.78, 5) is 29.7. The average Bonchev–Trinajstić information content (AvgIpc) is 2.53. The molecule has 0 aromatic carbocycles. The standard InChI is InChI=1S/C17H26N4O3/c1-11-8-12(2)20-17(24-3)14(11)9-19-15(22)10-21-6-4-13(5-7-21)16(18)23/h8,13H,4-7,9-10H2,1-3H3,(H2,18,23)(H,19,22). The van der Waals surface area contributed by atoms with Crippen LogP contribution in [0.2, 0.25) is 0 Å². The molecule has 0 spiro atoms. The van der Waals surface area contributed by atoms with Crippen LogP contribution in [0.3, 0.4) is 0 Å². The SMILES string of the molecule is COc1nc(C)cc(C)c1CNC(=O)CN1CCC(C(N)=O)CC1. The Balaban J connectivity index is 1.85. The smallest absolute Gasteiger partial charge is 0.234 e. The number of rotatable bonds is 6. The van der Waals surface area contributed by atoms with Crippen LogP contribution in [0.25, 0.3) is 0 Å². The van der Waals surface area contributed by atoms with E-state index in [1.807, 2.05) is 24.8 Å². The Morgan fingerprint density at radius 3 is 2.62 bits per heavy atom. The van der Waals surface area contributed by atoms with Gasteiger partial charge < -0.3 is 15.8 Å². The van der Waals surface area contributed by atoms with Crippen molar-refractivity contribution in [1.29, 1.82) is 0 Å². The maximum absolute atomic E-state index is 12.2. The molecule has 0 saturated carbocycles. The first-order chi connectivity index (χ1) is 11.4. The zero-order valence-corrected chi connectivity index (χ0v) is 14.6. The Hall–Kier alpha value is -2.15. The first kappa shape index (κ1) is 18.2. The maximum Gasteiger partial charge on any atom is 0.234 e. The largest absolute Gasteiger partial charge is 0.481 e. The highest BCUT2D eigenvalue weighted by molar-refractivity contribution is 5.78. The third-order valence-electron chi connectivity index (χ3n) is 4.45. The number of piperidine rings is 1. The van der Waals surface area contributed by atoms with E-state index in [9.17, 15) is 9.59 Å². The van der Waals surface area contributed by atoms with Gasteiger partial charge in [-0.1, -0.05) is 0 Å². The van der Waals surface area contributed by atoms with Crippen molar-refractivity contribution in [2.24, 2.45) is 11.7 Å². The van der Waals surface area contributed by atoms with Crippen molar-refractivity contribution in [3.63, 3.8) is 0 Å². The number of methoxy groups -OCH3 is 1. The van der Waals surface area contributed by atoms with Crippen LogP contribution < -0.4 is 15.8 Å². The lowest BCUT2D eigenvalue weighted by Crippen LogP contribution is -2.43. The Morgan fingerprint density at radius 1 is 1.38 bits per heavy atom. The molecule has 2 amide bonds. The molecule has 0 radical (unpaired) electrons. The van der Waals surface area contributed by atoms with E-state index < -0.39 is 0 Å². The molecule has 0 atom stereocenters. The minimum atomic E-state index is -0.242. The van der Waals surface area contributed by atoms with Crippen LogP contribution >= 0.6 is 0 Å². The molecule has 24 heavy (non-hydrogen) atoms. The topological polar surface area (TPSA) is 97.6 Å². The van der Waals surface area contributed by atoms with Gasteiger partial charge in [-0.2, -0.15) is 0 Å². The Bertz CT molecular complexity index is 610. The highest BCUT2D eigenvalue weighted by Gasteiger charge is 2.24. The molecule has 2 heterocycles. The van der Waals surface area contributed by atoms with Gasteiger partial charge in [0.05, 0.1) is 13.7 Å². The number of likely N-dealkylation sites (tertiary alicyclic amines) is 1. The first-order valence-corrected chi connectivity index (χ1v) is 8.20. The fourth-order valence-corrected chi connectivity index (χ4v) is 3.03. The predicted octanol–water partition coefficient (Wildman–Crippen LogP) is 0.521. The first-order valence-electron chi connectivity index (χ1n) is 8.20. The number of ether oxygens (including phenoxy) is 1. The predicted molar refractivity (Wildman–Crippen MR) is 90.5 cm³/mol. The van der Waals surface area contributed by atoms with E-state index in [1.54, 1.807) is 7.11 Å². The number of carbonyl (C=O) groups is 2. The molecule has 7 nitrogen and oxygen atoms in total. The summed E-state index contributed by atoms with van der Waals surface area (Å²) in [7, 11) is 1.58. The van der Waals surface area contributed by atoms with Gasteiger partial charge in [-0.05, 0) is 51.4 Å². The number of aryl methyl sites for hydroxylation is 2. The van der Waals surface area contributed by atoms with Gasteiger partial charge in [-0.15, -0.1) is 0 Å². The third kappa shape index (κ3) is 4.67. The molecule has 0 unspecified atom stereocenters. The van der Waals surface area contributed by atoms with E-state index in [0.29, 0.717) is 19.0 Å². The second kappa shape index (κ2) is 8.10. The van der Waals surface area contributed by atoms with Crippen molar-refractivity contribution in [2.45, 2.75) is 33.2 Å². The van der Waals surface area contributed by atoms with Crippen LogP contribution in [-0.2, 0) is 16.1 Å². The lowest BCUT2D eigenvalue weighted by Gasteiger charge is -2.29. The second-order valence-electron chi connectivity index (χ2n) is 6.30. The summed E-state index contributed by atoms with van der Waals surface area (Å²) < 4.78 is 5.31. The van der Waals surface area contributed by atoms with Crippen LogP contribution in [0.5, 0.6) is 5.88 Å². The third-order valence-corrected chi connectivity index (χ3v) is 4.45. The van der Waals surface area contributed by atoms with E-state index in [4.69, 9.17) is 10.5 Å². The Morgan fingerprint density at radius 2 is 2.04 bits per heavy atom. The average molecular weight is 334 g/mol. The summed E-state index contributed by atoms with van der Waals surface area (Å²) in [6, 6.07) is 1.97. The molecule has 1 aromatic heterocycles. The molecule has 2 rings (SSSR count). The van der Waals surface area contributed by atoms with Crippen molar-refractivity contribution in [2.75, 3.05) is 26.7 Å². The Kier molecular flexibility index (Phi) is 6.14. The van der Waals surface area contributed by atoms with Crippen LogP contribution in [0.15, 0.2) is 6.07 Å². The number of nitrogens with two attached hydrogens (primary N) is 1.